The maximum Gasteiger partial charge on any atom is 0.339 e. The number of nitrogens with zero attached hydrogens (tertiary/aromatic N) is 1. The average Bonchev–Trinajstić information content (AvgIpc) is 2.65. The number of anilines is 1. The maximum absolute atomic E-state index is 11.0. The van der Waals surface area contributed by atoms with Crippen LogP contribution < -0.4 is 5.32 Å². The first kappa shape index (κ1) is 10.9. The number of carboxylic acid groups (broad SMARTS) is 1. The summed E-state index contributed by atoms with van der Waals surface area (Å²) in [5, 5.41) is 12.2. The minimum atomic E-state index is -0.974. The molecule has 0 radical (unpaired) electrons. The Balaban J connectivity index is 2.23. The third kappa shape index (κ3) is 2.14. The maximum atomic E-state index is 11.0. The normalized spacial score (nSPS) is 24.3. The van der Waals surface area contributed by atoms with E-state index in [0.29, 0.717) is 18.9 Å². The minimum Gasteiger partial charge on any atom is -0.478 e. The number of hydrogen-bond donors (Lipinski definition) is 2. The van der Waals surface area contributed by atoms with E-state index in [1.165, 1.54) is 6.20 Å². The lowest BCUT2D eigenvalue weighted by Gasteiger charge is -2.25. The summed E-state index contributed by atoms with van der Waals surface area (Å²) in [7, 11) is 0. The van der Waals surface area contributed by atoms with Crippen molar-refractivity contribution in [2.45, 2.75) is 18.9 Å². The summed E-state index contributed by atoms with van der Waals surface area (Å²) in [5.74, 6) is -0.974. The van der Waals surface area contributed by atoms with E-state index in [4.69, 9.17) is 9.84 Å². The number of hydrogen-bond acceptors (Lipinski definition) is 4. The van der Waals surface area contributed by atoms with E-state index in [2.05, 4.69) is 10.3 Å². The van der Waals surface area contributed by atoms with Crippen molar-refractivity contribution in [3.63, 3.8) is 0 Å². The Morgan fingerprint density at radius 2 is 2.50 bits per heavy atom. The minimum absolute atomic E-state index is 0.189. The van der Waals surface area contributed by atoms with Crippen molar-refractivity contribution < 1.29 is 14.6 Å². The zero-order valence-electron chi connectivity index (χ0n) is 9.06. The van der Waals surface area contributed by atoms with Crippen LogP contribution in [0.15, 0.2) is 18.5 Å². The Morgan fingerprint density at radius 3 is 3.12 bits per heavy atom. The molecule has 5 heteroatoms. The number of ether oxygens (including phenoxy) is 1. The molecular weight excluding hydrogens is 208 g/mol. The summed E-state index contributed by atoms with van der Waals surface area (Å²) < 4.78 is 5.31. The van der Waals surface area contributed by atoms with E-state index < -0.39 is 5.97 Å². The summed E-state index contributed by atoms with van der Waals surface area (Å²) in [4.78, 5) is 14.8. The predicted molar refractivity (Wildman–Crippen MR) is 58.7 cm³/mol. The highest BCUT2D eigenvalue weighted by molar-refractivity contribution is 5.93. The average molecular weight is 222 g/mol. The van der Waals surface area contributed by atoms with Crippen molar-refractivity contribution >= 4 is 11.7 Å². The molecule has 1 unspecified atom stereocenters. The van der Waals surface area contributed by atoms with Crippen LogP contribution in [0.2, 0.25) is 0 Å². The monoisotopic (exact) mass is 222 g/mol. The summed E-state index contributed by atoms with van der Waals surface area (Å²) in [6.07, 6.45) is 3.80. The van der Waals surface area contributed by atoms with Gasteiger partial charge in [-0.1, -0.05) is 0 Å². The van der Waals surface area contributed by atoms with Gasteiger partial charge in [0.2, 0.25) is 0 Å². The van der Waals surface area contributed by atoms with E-state index >= 15 is 0 Å². The predicted octanol–water partition coefficient (Wildman–Crippen LogP) is 1.37. The number of nitrogens with one attached hydrogen (secondary N) is 1. The van der Waals surface area contributed by atoms with Crippen molar-refractivity contribution in [2.24, 2.45) is 0 Å². The van der Waals surface area contributed by atoms with Gasteiger partial charge in [0.25, 0.3) is 0 Å². The highest BCUT2D eigenvalue weighted by atomic mass is 16.5. The Morgan fingerprint density at radius 1 is 1.69 bits per heavy atom. The largest absolute Gasteiger partial charge is 0.478 e. The van der Waals surface area contributed by atoms with Crippen LogP contribution in [0.3, 0.4) is 0 Å². The second-order valence-corrected chi connectivity index (χ2v) is 4.21. The molecule has 1 atom stereocenters. The third-order valence-corrected chi connectivity index (χ3v) is 2.71. The molecule has 0 bridgehead atoms. The second kappa shape index (κ2) is 4.09. The molecule has 0 spiro atoms. The van der Waals surface area contributed by atoms with E-state index in [1.807, 2.05) is 6.92 Å². The molecule has 1 saturated heterocycles. The molecule has 16 heavy (non-hydrogen) atoms. The number of pyridine rings is 1. The topological polar surface area (TPSA) is 71.5 Å². The van der Waals surface area contributed by atoms with Gasteiger partial charge >= 0.3 is 5.97 Å². The van der Waals surface area contributed by atoms with Gasteiger partial charge in [0, 0.05) is 19.0 Å². The fourth-order valence-electron chi connectivity index (χ4n) is 1.76. The SMILES string of the molecule is CC1(Nc2ccncc2C(=O)O)CCOC1. The zero-order chi connectivity index (χ0) is 11.6. The first-order valence-electron chi connectivity index (χ1n) is 5.14. The van der Waals surface area contributed by atoms with Gasteiger partial charge in [0.1, 0.15) is 5.56 Å². The number of rotatable bonds is 3. The van der Waals surface area contributed by atoms with Gasteiger partial charge in [-0.3, -0.25) is 4.98 Å². The molecule has 0 aromatic carbocycles. The van der Waals surface area contributed by atoms with E-state index in [-0.39, 0.29) is 11.1 Å². The van der Waals surface area contributed by atoms with Crippen LogP contribution in [0.4, 0.5) is 5.69 Å². The van der Waals surface area contributed by atoms with Crippen molar-refractivity contribution in [2.75, 3.05) is 18.5 Å². The highest BCUT2D eigenvalue weighted by Gasteiger charge is 2.30. The molecule has 2 rings (SSSR count). The molecule has 1 aromatic heterocycles. The molecule has 2 N–H and O–H groups in total. The smallest absolute Gasteiger partial charge is 0.339 e. The van der Waals surface area contributed by atoms with Gasteiger partial charge in [-0.15, -0.1) is 0 Å². The van der Waals surface area contributed by atoms with Gasteiger partial charge < -0.3 is 15.2 Å². The van der Waals surface area contributed by atoms with Gasteiger partial charge in [0.05, 0.1) is 17.8 Å². The van der Waals surface area contributed by atoms with Crippen LogP contribution in [0.5, 0.6) is 0 Å². The molecule has 1 fully saturated rings. The second-order valence-electron chi connectivity index (χ2n) is 4.21. The number of aromatic nitrogens is 1. The third-order valence-electron chi connectivity index (χ3n) is 2.71. The van der Waals surface area contributed by atoms with Crippen LogP contribution in [0.25, 0.3) is 0 Å². The zero-order valence-corrected chi connectivity index (χ0v) is 9.06. The molecule has 86 valence electrons. The molecule has 2 heterocycles. The summed E-state index contributed by atoms with van der Waals surface area (Å²) >= 11 is 0. The molecule has 1 aliphatic rings. The Labute approximate surface area is 93.5 Å². The highest BCUT2D eigenvalue weighted by Crippen LogP contribution is 2.25. The van der Waals surface area contributed by atoms with E-state index in [0.717, 1.165) is 6.42 Å². The first-order chi connectivity index (χ1) is 7.61. The van der Waals surface area contributed by atoms with Crippen LogP contribution in [-0.2, 0) is 4.74 Å². The standard InChI is InChI=1S/C11H14N2O3/c1-11(3-5-16-7-11)13-9-2-4-12-6-8(9)10(14)15/h2,4,6H,3,5,7H2,1H3,(H,12,13)(H,14,15). The molecule has 0 amide bonds. The number of carboxylic acids is 1. The van der Waals surface area contributed by atoms with Crippen LogP contribution in [0, 0.1) is 0 Å². The molecule has 5 nitrogen and oxygen atoms in total. The van der Waals surface area contributed by atoms with E-state index in [1.54, 1.807) is 12.3 Å². The van der Waals surface area contributed by atoms with Crippen molar-refractivity contribution in [3.05, 3.63) is 24.0 Å². The summed E-state index contributed by atoms with van der Waals surface area (Å²) in [5.41, 5.74) is 0.595. The molecule has 0 aliphatic carbocycles. The van der Waals surface area contributed by atoms with E-state index in [9.17, 15) is 4.79 Å². The van der Waals surface area contributed by atoms with Gasteiger partial charge in [-0.25, -0.2) is 4.79 Å². The van der Waals surface area contributed by atoms with Crippen LogP contribution >= 0.6 is 0 Å². The number of aromatic carboxylic acids is 1. The Bertz CT molecular complexity index is 400. The molecule has 1 aromatic rings. The van der Waals surface area contributed by atoms with Gasteiger partial charge in [0.15, 0.2) is 0 Å². The summed E-state index contributed by atoms with van der Waals surface area (Å²) in [6, 6.07) is 1.67. The van der Waals surface area contributed by atoms with Crippen molar-refractivity contribution in [3.8, 4) is 0 Å². The fourth-order valence-corrected chi connectivity index (χ4v) is 1.76. The molecule has 1 aliphatic heterocycles. The summed E-state index contributed by atoms with van der Waals surface area (Å²) in [6.45, 7) is 3.32. The van der Waals surface area contributed by atoms with Crippen LogP contribution in [-0.4, -0.2) is 34.8 Å². The lowest BCUT2D eigenvalue weighted by Crippen LogP contribution is -2.35. The van der Waals surface area contributed by atoms with Gasteiger partial charge in [-0.05, 0) is 19.4 Å². The van der Waals surface area contributed by atoms with Gasteiger partial charge in [-0.2, -0.15) is 0 Å². The Kier molecular flexibility index (Phi) is 2.78. The van der Waals surface area contributed by atoms with Crippen molar-refractivity contribution in [1.29, 1.82) is 0 Å². The first-order valence-corrected chi connectivity index (χ1v) is 5.14. The number of carbonyl (C=O) groups is 1. The molecular formula is C11H14N2O3. The van der Waals surface area contributed by atoms with Crippen LogP contribution in [0.1, 0.15) is 23.7 Å². The quantitative estimate of drug-likeness (QED) is 0.808. The van der Waals surface area contributed by atoms with Crippen molar-refractivity contribution in [1.82, 2.24) is 4.98 Å². The molecule has 0 saturated carbocycles. The Hall–Kier alpha value is -1.62. The lowest BCUT2D eigenvalue weighted by molar-refractivity contribution is 0.0697. The lowest BCUT2D eigenvalue weighted by atomic mass is 10.0. The fraction of sp³-hybridized carbons (Fsp3) is 0.455.